The van der Waals surface area contributed by atoms with Crippen molar-refractivity contribution in [2.45, 2.75) is 13.0 Å². The van der Waals surface area contributed by atoms with E-state index in [4.69, 9.17) is 5.73 Å². The number of rotatable bonds is 4. The van der Waals surface area contributed by atoms with Gasteiger partial charge in [0.1, 0.15) is 0 Å². The van der Waals surface area contributed by atoms with E-state index in [-0.39, 0.29) is 12.5 Å². The molecule has 0 saturated carbocycles. The van der Waals surface area contributed by atoms with Crippen LogP contribution in [-0.4, -0.2) is 36.7 Å². The SMILES string of the molecule is COC(=O)C(O)CNC(=O)c1ccc(N)c(C)c1. The van der Waals surface area contributed by atoms with Crippen LogP contribution in [0.1, 0.15) is 15.9 Å². The van der Waals surface area contributed by atoms with Gasteiger partial charge >= 0.3 is 5.97 Å². The number of nitrogens with two attached hydrogens (primary N) is 1. The Morgan fingerprint density at radius 3 is 2.72 bits per heavy atom. The molecule has 0 heterocycles. The first kappa shape index (κ1) is 14.0. The van der Waals surface area contributed by atoms with E-state index in [9.17, 15) is 14.7 Å². The summed E-state index contributed by atoms with van der Waals surface area (Å²) in [5, 5.41) is 11.7. The zero-order chi connectivity index (χ0) is 13.7. The number of hydrogen-bond acceptors (Lipinski definition) is 5. The Balaban J connectivity index is 2.60. The number of carbonyl (C=O) groups is 2. The highest BCUT2D eigenvalue weighted by atomic mass is 16.5. The second-order valence-corrected chi connectivity index (χ2v) is 3.82. The van der Waals surface area contributed by atoms with Crippen LogP contribution in [0.3, 0.4) is 0 Å². The smallest absolute Gasteiger partial charge is 0.336 e. The van der Waals surface area contributed by atoms with E-state index < -0.39 is 12.1 Å². The van der Waals surface area contributed by atoms with Crippen LogP contribution in [0, 0.1) is 6.92 Å². The van der Waals surface area contributed by atoms with E-state index in [1.54, 1.807) is 25.1 Å². The number of benzene rings is 1. The number of carbonyl (C=O) groups excluding carboxylic acids is 2. The lowest BCUT2D eigenvalue weighted by Crippen LogP contribution is -2.37. The maximum absolute atomic E-state index is 11.7. The van der Waals surface area contributed by atoms with Gasteiger partial charge in [0.15, 0.2) is 6.10 Å². The van der Waals surface area contributed by atoms with Gasteiger partial charge in [0.2, 0.25) is 0 Å². The highest BCUT2D eigenvalue weighted by Crippen LogP contribution is 2.12. The quantitative estimate of drug-likeness (QED) is 0.510. The fourth-order valence-electron chi connectivity index (χ4n) is 1.33. The average molecular weight is 252 g/mol. The van der Waals surface area contributed by atoms with E-state index >= 15 is 0 Å². The number of ether oxygens (including phenoxy) is 1. The molecule has 1 atom stereocenters. The molecule has 1 amide bonds. The van der Waals surface area contributed by atoms with Crippen molar-refractivity contribution in [2.24, 2.45) is 0 Å². The fraction of sp³-hybridized carbons (Fsp3) is 0.333. The Morgan fingerprint density at radius 1 is 1.50 bits per heavy atom. The monoisotopic (exact) mass is 252 g/mol. The first-order valence-corrected chi connectivity index (χ1v) is 5.36. The van der Waals surface area contributed by atoms with Crippen LogP contribution in [0.4, 0.5) is 5.69 Å². The van der Waals surface area contributed by atoms with Crippen molar-refractivity contribution in [1.29, 1.82) is 0 Å². The molecule has 1 rings (SSSR count). The molecule has 0 aromatic heterocycles. The molecule has 4 N–H and O–H groups in total. The summed E-state index contributed by atoms with van der Waals surface area (Å²) in [5.74, 6) is -1.18. The number of methoxy groups -OCH3 is 1. The van der Waals surface area contributed by atoms with Gasteiger partial charge in [-0.3, -0.25) is 4.79 Å². The first-order valence-electron chi connectivity index (χ1n) is 5.36. The Kier molecular flexibility index (Phi) is 4.67. The average Bonchev–Trinajstić information content (AvgIpc) is 2.37. The van der Waals surface area contributed by atoms with Crippen LogP contribution in [0.15, 0.2) is 18.2 Å². The minimum atomic E-state index is -1.37. The van der Waals surface area contributed by atoms with Crippen molar-refractivity contribution in [1.82, 2.24) is 5.32 Å². The summed E-state index contributed by atoms with van der Waals surface area (Å²) in [6, 6.07) is 4.83. The maximum Gasteiger partial charge on any atom is 0.336 e. The zero-order valence-electron chi connectivity index (χ0n) is 10.3. The lowest BCUT2D eigenvalue weighted by molar-refractivity contribution is -0.149. The highest BCUT2D eigenvalue weighted by Gasteiger charge is 2.16. The van der Waals surface area contributed by atoms with Crippen LogP contribution in [0.25, 0.3) is 0 Å². The standard InChI is InChI=1S/C12H16N2O4/c1-7-5-8(3-4-9(7)13)11(16)14-6-10(15)12(17)18-2/h3-5,10,15H,6,13H2,1-2H3,(H,14,16). The van der Waals surface area contributed by atoms with Gasteiger partial charge in [-0.05, 0) is 30.7 Å². The molecule has 18 heavy (non-hydrogen) atoms. The molecule has 1 aromatic rings. The second kappa shape index (κ2) is 6.02. The first-order chi connectivity index (χ1) is 8.45. The molecule has 0 bridgehead atoms. The Labute approximate surface area is 105 Å². The van der Waals surface area contributed by atoms with Crippen LogP contribution >= 0.6 is 0 Å². The van der Waals surface area contributed by atoms with Gasteiger partial charge in [0.25, 0.3) is 5.91 Å². The van der Waals surface area contributed by atoms with E-state index in [1.807, 2.05) is 0 Å². The number of nitrogen functional groups attached to an aromatic ring is 1. The molecule has 0 fully saturated rings. The molecule has 0 saturated heterocycles. The Morgan fingerprint density at radius 2 is 2.17 bits per heavy atom. The van der Waals surface area contributed by atoms with E-state index in [1.165, 1.54) is 0 Å². The van der Waals surface area contributed by atoms with E-state index in [0.29, 0.717) is 11.3 Å². The van der Waals surface area contributed by atoms with Gasteiger partial charge in [-0.1, -0.05) is 0 Å². The van der Waals surface area contributed by atoms with Crippen molar-refractivity contribution in [2.75, 3.05) is 19.4 Å². The van der Waals surface area contributed by atoms with Crippen LogP contribution in [0.2, 0.25) is 0 Å². The predicted molar refractivity (Wildman–Crippen MR) is 65.9 cm³/mol. The van der Waals surface area contributed by atoms with Crippen LogP contribution in [0.5, 0.6) is 0 Å². The topological polar surface area (TPSA) is 102 Å². The van der Waals surface area contributed by atoms with Crippen molar-refractivity contribution in [3.63, 3.8) is 0 Å². The molecular weight excluding hydrogens is 236 g/mol. The second-order valence-electron chi connectivity index (χ2n) is 3.82. The number of aryl methyl sites for hydroxylation is 1. The van der Waals surface area contributed by atoms with Gasteiger partial charge in [-0.2, -0.15) is 0 Å². The van der Waals surface area contributed by atoms with E-state index in [0.717, 1.165) is 12.7 Å². The molecule has 98 valence electrons. The molecule has 1 aromatic carbocycles. The summed E-state index contributed by atoms with van der Waals surface area (Å²) in [4.78, 5) is 22.6. The zero-order valence-corrected chi connectivity index (χ0v) is 10.3. The maximum atomic E-state index is 11.7. The third-order valence-electron chi connectivity index (χ3n) is 2.46. The molecule has 0 spiro atoms. The lowest BCUT2D eigenvalue weighted by atomic mass is 10.1. The van der Waals surface area contributed by atoms with Crippen molar-refractivity contribution < 1.29 is 19.4 Å². The lowest BCUT2D eigenvalue weighted by Gasteiger charge is -2.10. The third-order valence-corrected chi connectivity index (χ3v) is 2.46. The molecule has 1 unspecified atom stereocenters. The number of aliphatic hydroxyl groups is 1. The fourth-order valence-corrected chi connectivity index (χ4v) is 1.33. The van der Waals surface area contributed by atoms with Crippen LogP contribution in [-0.2, 0) is 9.53 Å². The van der Waals surface area contributed by atoms with Gasteiger partial charge < -0.3 is 20.9 Å². The van der Waals surface area contributed by atoms with Gasteiger partial charge in [-0.25, -0.2) is 4.79 Å². The van der Waals surface area contributed by atoms with Crippen molar-refractivity contribution >= 4 is 17.6 Å². The molecule has 6 heteroatoms. The van der Waals surface area contributed by atoms with E-state index in [2.05, 4.69) is 10.1 Å². The number of hydrogen-bond donors (Lipinski definition) is 3. The molecule has 0 aliphatic rings. The highest BCUT2D eigenvalue weighted by molar-refractivity contribution is 5.95. The number of aliphatic hydroxyl groups excluding tert-OH is 1. The number of nitrogens with one attached hydrogen (secondary N) is 1. The molecule has 0 aliphatic heterocycles. The van der Waals surface area contributed by atoms with Crippen molar-refractivity contribution in [3.05, 3.63) is 29.3 Å². The summed E-state index contributed by atoms with van der Waals surface area (Å²) < 4.78 is 4.33. The third kappa shape index (κ3) is 3.46. The Bertz CT molecular complexity index is 459. The molecule has 0 radical (unpaired) electrons. The van der Waals surface area contributed by atoms with Gasteiger partial charge in [0.05, 0.1) is 13.7 Å². The summed E-state index contributed by atoms with van der Waals surface area (Å²) in [6.07, 6.45) is -1.37. The van der Waals surface area contributed by atoms with Crippen LogP contribution < -0.4 is 11.1 Å². The number of anilines is 1. The summed E-state index contributed by atoms with van der Waals surface area (Å²) in [7, 11) is 1.16. The number of amides is 1. The summed E-state index contributed by atoms with van der Waals surface area (Å²) in [6.45, 7) is 1.59. The molecular formula is C12H16N2O4. The Hall–Kier alpha value is -2.08. The molecule has 0 aliphatic carbocycles. The minimum absolute atomic E-state index is 0.199. The predicted octanol–water partition coefficient (Wildman–Crippen LogP) is -0.159. The largest absolute Gasteiger partial charge is 0.467 e. The molecule has 6 nitrogen and oxygen atoms in total. The normalized spacial score (nSPS) is 11.7. The minimum Gasteiger partial charge on any atom is -0.467 e. The van der Waals surface area contributed by atoms with Gasteiger partial charge in [-0.15, -0.1) is 0 Å². The van der Waals surface area contributed by atoms with Crippen molar-refractivity contribution in [3.8, 4) is 0 Å². The summed E-state index contributed by atoms with van der Waals surface area (Å²) >= 11 is 0. The summed E-state index contributed by atoms with van der Waals surface area (Å²) in [5.41, 5.74) is 7.44. The number of esters is 1. The van der Waals surface area contributed by atoms with Gasteiger partial charge in [0, 0.05) is 11.3 Å².